The average molecular weight is 280 g/mol. The van der Waals surface area contributed by atoms with Gasteiger partial charge in [-0.25, -0.2) is 0 Å². The quantitative estimate of drug-likeness (QED) is 0.939. The molecule has 1 heterocycles. The monoisotopic (exact) mass is 280 g/mol. The van der Waals surface area contributed by atoms with Crippen molar-refractivity contribution in [1.82, 2.24) is 0 Å². The van der Waals surface area contributed by atoms with Gasteiger partial charge in [0.2, 0.25) is 0 Å². The second-order valence-electron chi connectivity index (χ2n) is 5.38. The van der Waals surface area contributed by atoms with Crippen LogP contribution in [0.5, 0.6) is 0 Å². The van der Waals surface area contributed by atoms with E-state index in [1.54, 1.807) is 0 Å². The summed E-state index contributed by atoms with van der Waals surface area (Å²) >= 11 is 0. The molecule has 0 saturated carbocycles. The van der Waals surface area contributed by atoms with Crippen LogP contribution in [-0.4, -0.2) is 19.0 Å². The first-order valence-electron chi connectivity index (χ1n) is 7.49. The molecule has 2 aromatic carbocycles. The van der Waals surface area contributed by atoms with Gasteiger partial charge in [0.05, 0.1) is 0 Å². The Labute approximate surface area is 125 Å². The Balaban J connectivity index is 1.97. The minimum Gasteiger partial charge on any atom is -0.330 e. The number of hydrogen-bond acceptors (Lipinski definition) is 2. The van der Waals surface area contributed by atoms with E-state index in [0.29, 0.717) is 6.54 Å². The van der Waals surface area contributed by atoms with Crippen LogP contribution in [0.15, 0.2) is 48.5 Å². The second-order valence-corrected chi connectivity index (χ2v) is 5.38. The molecule has 3 nitrogen and oxygen atoms in total. The van der Waals surface area contributed by atoms with Crippen LogP contribution in [0, 0.1) is 0 Å². The third-order valence-corrected chi connectivity index (χ3v) is 4.02. The van der Waals surface area contributed by atoms with E-state index in [1.807, 2.05) is 47.4 Å². The van der Waals surface area contributed by atoms with Crippen molar-refractivity contribution in [3.8, 4) is 0 Å². The molecule has 0 radical (unpaired) electrons. The van der Waals surface area contributed by atoms with E-state index >= 15 is 0 Å². The van der Waals surface area contributed by atoms with Crippen LogP contribution in [0.25, 0.3) is 0 Å². The zero-order chi connectivity index (χ0) is 14.7. The van der Waals surface area contributed by atoms with Gasteiger partial charge in [0, 0.05) is 17.8 Å². The van der Waals surface area contributed by atoms with Crippen molar-refractivity contribution in [2.24, 2.45) is 5.73 Å². The third kappa shape index (κ3) is 2.69. The highest BCUT2D eigenvalue weighted by molar-refractivity contribution is 6.07. The van der Waals surface area contributed by atoms with E-state index in [9.17, 15) is 4.79 Å². The smallest absolute Gasteiger partial charge is 0.258 e. The number of carbonyl (C=O) groups is 1. The molecule has 0 atom stereocenters. The van der Waals surface area contributed by atoms with Crippen molar-refractivity contribution >= 4 is 11.6 Å². The van der Waals surface area contributed by atoms with Crippen LogP contribution >= 0.6 is 0 Å². The van der Waals surface area contributed by atoms with E-state index in [0.717, 1.165) is 42.6 Å². The highest BCUT2D eigenvalue weighted by Crippen LogP contribution is 2.28. The number of carbonyl (C=O) groups excluding carboxylic acids is 1. The van der Waals surface area contributed by atoms with Crippen molar-refractivity contribution in [2.75, 3.05) is 18.0 Å². The molecule has 0 aromatic heterocycles. The topological polar surface area (TPSA) is 46.3 Å². The second kappa shape index (κ2) is 6.10. The molecule has 3 rings (SSSR count). The zero-order valence-corrected chi connectivity index (χ0v) is 12.1. The normalized spacial score (nSPS) is 13.9. The minimum absolute atomic E-state index is 0.0891. The Kier molecular flexibility index (Phi) is 4.02. The summed E-state index contributed by atoms with van der Waals surface area (Å²) in [6.07, 6.45) is 2.80. The maximum Gasteiger partial charge on any atom is 0.258 e. The molecule has 3 heteroatoms. The fourth-order valence-electron chi connectivity index (χ4n) is 2.99. The molecule has 21 heavy (non-hydrogen) atoms. The Bertz CT molecular complexity index is 651. The maximum absolute atomic E-state index is 12.9. The molecule has 0 aliphatic carbocycles. The van der Waals surface area contributed by atoms with Crippen molar-refractivity contribution in [1.29, 1.82) is 0 Å². The van der Waals surface area contributed by atoms with Gasteiger partial charge in [0.25, 0.3) is 5.91 Å². The molecule has 0 saturated heterocycles. The van der Waals surface area contributed by atoms with Gasteiger partial charge in [-0.15, -0.1) is 0 Å². The van der Waals surface area contributed by atoms with Crippen molar-refractivity contribution in [2.45, 2.75) is 19.3 Å². The zero-order valence-electron chi connectivity index (χ0n) is 12.1. The molecule has 0 spiro atoms. The molecule has 2 aromatic rings. The molecule has 0 fully saturated rings. The lowest BCUT2D eigenvalue weighted by Crippen LogP contribution is -2.36. The van der Waals surface area contributed by atoms with Crippen LogP contribution < -0.4 is 10.6 Å². The SMILES string of the molecule is NCCc1ccccc1C(=O)N1CCCc2ccccc21. The standard InChI is InChI=1S/C18H20N2O/c19-12-11-14-6-1-3-9-16(14)18(21)20-13-5-8-15-7-2-4-10-17(15)20/h1-4,6-7,9-10H,5,8,11-13,19H2. The number of amides is 1. The summed E-state index contributed by atoms with van der Waals surface area (Å²) in [6, 6.07) is 16.0. The summed E-state index contributed by atoms with van der Waals surface area (Å²) in [7, 11) is 0. The number of aryl methyl sites for hydroxylation is 1. The largest absolute Gasteiger partial charge is 0.330 e. The summed E-state index contributed by atoms with van der Waals surface area (Å²) in [5.74, 6) is 0.0891. The molecule has 0 bridgehead atoms. The summed E-state index contributed by atoms with van der Waals surface area (Å²) < 4.78 is 0. The first-order valence-corrected chi connectivity index (χ1v) is 7.49. The van der Waals surface area contributed by atoms with E-state index < -0.39 is 0 Å². The number of benzene rings is 2. The fourth-order valence-corrected chi connectivity index (χ4v) is 2.99. The fraction of sp³-hybridized carbons (Fsp3) is 0.278. The van der Waals surface area contributed by atoms with Gasteiger partial charge in [-0.3, -0.25) is 4.79 Å². The number of para-hydroxylation sites is 1. The number of anilines is 1. The van der Waals surface area contributed by atoms with Crippen LogP contribution in [0.3, 0.4) is 0 Å². The number of nitrogens with two attached hydrogens (primary N) is 1. The van der Waals surface area contributed by atoms with Crippen molar-refractivity contribution in [3.63, 3.8) is 0 Å². The maximum atomic E-state index is 12.9. The van der Waals surface area contributed by atoms with Crippen LogP contribution in [0.4, 0.5) is 5.69 Å². The Morgan fingerprint density at radius 1 is 1.10 bits per heavy atom. The predicted octanol–water partition coefficient (Wildman–Crippen LogP) is 2.78. The first kappa shape index (κ1) is 13.8. The summed E-state index contributed by atoms with van der Waals surface area (Å²) in [5, 5.41) is 0. The number of fused-ring (bicyclic) bond motifs is 1. The van der Waals surface area contributed by atoms with Crippen molar-refractivity contribution in [3.05, 3.63) is 65.2 Å². The lowest BCUT2D eigenvalue weighted by atomic mass is 9.98. The van der Waals surface area contributed by atoms with E-state index in [-0.39, 0.29) is 5.91 Å². The third-order valence-electron chi connectivity index (χ3n) is 4.02. The number of nitrogens with zero attached hydrogens (tertiary/aromatic N) is 1. The molecule has 0 unspecified atom stereocenters. The first-order chi connectivity index (χ1) is 10.3. The van der Waals surface area contributed by atoms with Gasteiger partial charge in [0.1, 0.15) is 0 Å². The van der Waals surface area contributed by atoms with Gasteiger partial charge in [-0.2, -0.15) is 0 Å². The van der Waals surface area contributed by atoms with Crippen LogP contribution in [0.1, 0.15) is 27.9 Å². The van der Waals surface area contributed by atoms with E-state index in [2.05, 4.69) is 6.07 Å². The highest BCUT2D eigenvalue weighted by atomic mass is 16.2. The van der Waals surface area contributed by atoms with E-state index in [4.69, 9.17) is 5.73 Å². The Morgan fingerprint density at radius 2 is 1.86 bits per heavy atom. The van der Waals surface area contributed by atoms with E-state index in [1.165, 1.54) is 5.56 Å². The highest BCUT2D eigenvalue weighted by Gasteiger charge is 2.24. The molecule has 1 aliphatic heterocycles. The lowest BCUT2D eigenvalue weighted by molar-refractivity contribution is 0.0984. The molecule has 1 aliphatic rings. The molecule has 108 valence electrons. The summed E-state index contributed by atoms with van der Waals surface area (Å²) in [5.41, 5.74) is 9.78. The number of hydrogen-bond donors (Lipinski definition) is 1. The van der Waals surface area contributed by atoms with Gasteiger partial charge in [-0.1, -0.05) is 36.4 Å². The molecular formula is C18H20N2O. The van der Waals surface area contributed by atoms with Gasteiger partial charge >= 0.3 is 0 Å². The van der Waals surface area contributed by atoms with Crippen molar-refractivity contribution < 1.29 is 4.79 Å². The number of rotatable bonds is 3. The minimum atomic E-state index is 0.0891. The lowest BCUT2D eigenvalue weighted by Gasteiger charge is -2.30. The van der Waals surface area contributed by atoms with Crippen LogP contribution in [0.2, 0.25) is 0 Å². The van der Waals surface area contributed by atoms with Gasteiger partial charge in [-0.05, 0) is 49.1 Å². The Hall–Kier alpha value is -2.13. The van der Waals surface area contributed by atoms with Gasteiger partial charge < -0.3 is 10.6 Å². The summed E-state index contributed by atoms with van der Waals surface area (Å²) in [4.78, 5) is 14.9. The Morgan fingerprint density at radius 3 is 2.71 bits per heavy atom. The predicted molar refractivity (Wildman–Crippen MR) is 85.6 cm³/mol. The average Bonchev–Trinajstić information content (AvgIpc) is 2.54. The molecular weight excluding hydrogens is 260 g/mol. The van der Waals surface area contributed by atoms with Gasteiger partial charge in [0.15, 0.2) is 0 Å². The molecule has 2 N–H and O–H groups in total. The van der Waals surface area contributed by atoms with Crippen LogP contribution in [-0.2, 0) is 12.8 Å². The summed E-state index contributed by atoms with van der Waals surface area (Å²) in [6.45, 7) is 1.34. The molecule has 1 amide bonds.